The van der Waals surface area contributed by atoms with Crippen molar-refractivity contribution in [2.75, 3.05) is 13.7 Å². The van der Waals surface area contributed by atoms with E-state index in [1.54, 1.807) is 12.0 Å². The molecule has 1 fully saturated rings. The van der Waals surface area contributed by atoms with Crippen molar-refractivity contribution in [1.82, 2.24) is 10.2 Å². The Balaban J connectivity index is 1.80. The molecule has 1 aliphatic rings. The number of para-hydroxylation sites is 1. The summed E-state index contributed by atoms with van der Waals surface area (Å²) in [4.78, 5) is 28.5. The van der Waals surface area contributed by atoms with E-state index in [1.165, 1.54) is 0 Å². The Morgan fingerprint density at radius 3 is 2.31 bits per heavy atom. The second-order valence-corrected chi connectivity index (χ2v) is 10.3. The monoisotopic (exact) mass is 480 g/mol. The van der Waals surface area contributed by atoms with E-state index < -0.39 is 6.04 Å². The van der Waals surface area contributed by atoms with Gasteiger partial charge < -0.3 is 19.7 Å². The fourth-order valence-electron chi connectivity index (χ4n) is 4.65. The molecule has 1 atom stereocenters. The molecule has 0 spiro atoms. The lowest BCUT2D eigenvalue weighted by Gasteiger charge is -2.32. The highest BCUT2D eigenvalue weighted by Crippen LogP contribution is 2.31. The molecule has 35 heavy (non-hydrogen) atoms. The molecular weight excluding hydrogens is 440 g/mol. The van der Waals surface area contributed by atoms with Crippen LogP contribution >= 0.6 is 0 Å². The van der Waals surface area contributed by atoms with E-state index in [-0.39, 0.29) is 29.9 Å². The van der Waals surface area contributed by atoms with Gasteiger partial charge in [0.2, 0.25) is 5.91 Å². The van der Waals surface area contributed by atoms with E-state index in [1.807, 2.05) is 55.5 Å². The Morgan fingerprint density at radius 1 is 1.06 bits per heavy atom. The summed E-state index contributed by atoms with van der Waals surface area (Å²) in [5, 5.41) is 3.18. The van der Waals surface area contributed by atoms with Gasteiger partial charge in [0.1, 0.15) is 17.5 Å². The molecule has 0 saturated heterocycles. The molecule has 0 bridgehead atoms. The van der Waals surface area contributed by atoms with Crippen LogP contribution in [0.2, 0.25) is 0 Å². The molecule has 2 amide bonds. The quantitative estimate of drug-likeness (QED) is 0.505. The predicted molar refractivity (Wildman–Crippen MR) is 139 cm³/mol. The minimum atomic E-state index is -0.563. The summed E-state index contributed by atoms with van der Waals surface area (Å²) in [6.07, 6.45) is 4.80. The molecule has 0 aromatic heterocycles. The topological polar surface area (TPSA) is 67.9 Å². The first-order valence-corrected chi connectivity index (χ1v) is 12.7. The van der Waals surface area contributed by atoms with Gasteiger partial charge in [-0.05, 0) is 54.0 Å². The minimum absolute atomic E-state index is 0.0867. The molecule has 2 aromatic carbocycles. The number of benzene rings is 2. The Labute approximate surface area is 210 Å². The van der Waals surface area contributed by atoms with Crippen LogP contribution in [-0.4, -0.2) is 42.5 Å². The zero-order valence-electron chi connectivity index (χ0n) is 21.8. The van der Waals surface area contributed by atoms with Gasteiger partial charge in [-0.1, -0.05) is 70.9 Å². The molecule has 1 N–H and O–H groups in total. The fraction of sp³-hybridized carbons (Fsp3) is 0.517. The van der Waals surface area contributed by atoms with E-state index in [4.69, 9.17) is 9.47 Å². The zero-order chi connectivity index (χ0) is 25.4. The first kappa shape index (κ1) is 26.6. The molecule has 1 aliphatic carbocycles. The summed E-state index contributed by atoms with van der Waals surface area (Å²) >= 11 is 0. The number of methoxy groups -OCH3 is 1. The first-order valence-electron chi connectivity index (χ1n) is 12.7. The van der Waals surface area contributed by atoms with Gasteiger partial charge in [-0.2, -0.15) is 0 Å². The maximum absolute atomic E-state index is 13.5. The third-order valence-corrected chi connectivity index (χ3v) is 6.65. The summed E-state index contributed by atoms with van der Waals surface area (Å²) in [7, 11) is 1.62. The van der Waals surface area contributed by atoms with Crippen molar-refractivity contribution >= 4 is 11.8 Å². The van der Waals surface area contributed by atoms with Crippen molar-refractivity contribution in [1.29, 1.82) is 0 Å². The van der Waals surface area contributed by atoms with Crippen LogP contribution in [0.5, 0.6) is 11.5 Å². The molecule has 1 unspecified atom stereocenters. The molecule has 3 rings (SSSR count). The van der Waals surface area contributed by atoms with Crippen LogP contribution in [0.4, 0.5) is 0 Å². The summed E-state index contributed by atoms with van der Waals surface area (Å²) in [5.41, 5.74) is 1.86. The molecule has 0 radical (unpaired) electrons. The van der Waals surface area contributed by atoms with E-state index in [9.17, 15) is 9.59 Å². The maximum Gasteiger partial charge on any atom is 0.261 e. The van der Waals surface area contributed by atoms with Gasteiger partial charge in [-0.25, -0.2) is 0 Å². The number of hydrogen-bond acceptors (Lipinski definition) is 4. The van der Waals surface area contributed by atoms with Gasteiger partial charge in [0.25, 0.3) is 5.91 Å². The summed E-state index contributed by atoms with van der Waals surface area (Å²) in [6.45, 7) is 8.50. The molecule has 0 heterocycles. The van der Waals surface area contributed by atoms with E-state index in [0.29, 0.717) is 18.7 Å². The molecule has 0 aliphatic heterocycles. The molecule has 1 saturated carbocycles. The van der Waals surface area contributed by atoms with Gasteiger partial charge in [0.15, 0.2) is 6.61 Å². The van der Waals surface area contributed by atoms with Crippen LogP contribution < -0.4 is 14.8 Å². The first-order chi connectivity index (χ1) is 16.7. The van der Waals surface area contributed by atoms with Crippen molar-refractivity contribution in [2.24, 2.45) is 0 Å². The Hall–Kier alpha value is -3.02. The van der Waals surface area contributed by atoms with E-state index >= 15 is 0 Å². The number of nitrogens with zero attached hydrogens (tertiary/aromatic N) is 1. The third kappa shape index (κ3) is 7.23. The number of amides is 2. The highest BCUT2D eigenvalue weighted by molar-refractivity contribution is 5.88. The van der Waals surface area contributed by atoms with Crippen molar-refractivity contribution in [3.05, 3.63) is 59.7 Å². The highest BCUT2D eigenvalue weighted by Gasteiger charge is 2.31. The highest BCUT2D eigenvalue weighted by atomic mass is 16.5. The van der Waals surface area contributed by atoms with E-state index in [2.05, 4.69) is 26.1 Å². The van der Waals surface area contributed by atoms with Gasteiger partial charge >= 0.3 is 0 Å². The van der Waals surface area contributed by atoms with Crippen LogP contribution in [0, 0.1) is 0 Å². The van der Waals surface area contributed by atoms with Crippen molar-refractivity contribution < 1.29 is 19.1 Å². The number of carbonyl (C=O) groups excluding carboxylic acids is 2. The van der Waals surface area contributed by atoms with Crippen LogP contribution in [0.3, 0.4) is 0 Å². The smallest absolute Gasteiger partial charge is 0.261 e. The normalized spacial score (nSPS) is 14.9. The maximum atomic E-state index is 13.5. The van der Waals surface area contributed by atoms with Crippen LogP contribution in [0.15, 0.2) is 48.5 Å². The van der Waals surface area contributed by atoms with E-state index in [0.717, 1.165) is 42.6 Å². The largest absolute Gasteiger partial charge is 0.497 e. The molecule has 190 valence electrons. The fourth-order valence-corrected chi connectivity index (χ4v) is 4.65. The number of carbonyl (C=O) groups is 2. The van der Waals surface area contributed by atoms with Crippen molar-refractivity contribution in [2.45, 2.75) is 83.8 Å². The number of nitrogens with one attached hydrogen (secondary N) is 1. The van der Waals surface area contributed by atoms with Gasteiger partial charge in [0, 0.05) is 12.6 Å². The molecule has 6 nitrogen and oxygen atoms in total. The number of ether oxygens (including phenoxy) is 2. The van der Waals surface area contributed by atoms with Gasteiger partial charge in [-0.15, -0.1) is 0 Å². The summed E-state index contributed by atoms with van der Waals surface area (Å²) < 4.78 is 11.3. The number of rotatable bonds is 10. The standard InChI is InChI=1S/C29H40N2O4/c1-6-25(28(33)30-22-11-7-8-12-22)31(19-21-15-17-23(34-5)18-16-21)27(32)20-35-26-14-10-9-13-24(26)29(2,3)4/h9-10,13-18,22,25H,6-8,11-12,19-20H2,1-5H3,(H,30,33). The second-order valence-electron chi connectivity index (χ2n) is 10.3. The van der Waals surface area contributed by atoms with Gasteiger partial charge in [0.05, 0.1) is 7.11 Å². The van der Waals surface area contributed by atoms with Crippen LogP contribution in [0.25, 0.3) is 0 Å². The Morgan fingerprint density at radius 2 is 1.71 bits per heavy atom. The molecule has 6 heteroatoms. The van der Waals surface area contributed by atoms with Gasteiger partial charge in [-0.3, -0.25) is 9.59 Å². The second kappa shape index (κ2) is 12.1. The summed E-state index contributed by atoms with van der Waals surface area (Å²) in [6, 6.07) is 15.0. The minimum Gasteiger partial charge on any atom is -0.497 e. The number of hydrogen-bond donors (Lipinski definition) is 1. The Kier molecular flexibility index (Phi) is 9.19. The molecule has 2 aromatic rings. The third-order valence-electron chi connectivity index (χ3n) is 6.65. The summed E-state index contributed by atoms with van der Waals surface area (Å²) in [5.74, 6) is 1.15. The zero-order valence-corrected chi connectivity index (χ0v) is 21.8. The predicted octanol–water partition coefficient (Wildman–Crippen LogP) is 5.24. The van der Waals surface area contributed by atoms with Crippen LogP contribution in [0.1, 0.15) is 70.9 Å². The average Bonchev–Trinajstić information content (AvgIpc) is 3.35. The average molecular weight is 481 g/mol. The lowest BCUT2D eigenvalue weighted by atomic mass is 9.86. The van der Waals surface area contributed by atoms with Crippen LogP contribution in [-0.2, 0) is 21.5 Å². The SMILES string of the molecule is CCC(C(=O)NC1CCCC1)N(Cc1ccc(OC)cc1)C(=O)COc1ccccc1C(C)(C)C. The molecular formula is C29H40N2O4. The Bertz CT molecular complexity index is 975. The van der Waals surface area contributed by atoms with Crippen molar-refractivity contribution in [3.8, 4) is 11.5 Å². The van der Waals surface area contributed by atoms with Crippen molar-refractivity contribution in [3.63, 3.8) is 0 Å². The lowest BCUT2D eigenvalue weighted by molar-refractivity contribution is -0.143. The lowest BCUT2D eigenvalue weighted by Crippen LogP contribution is -2.52.